The number of hydrogen-bond acceptors (Lipinski definition) is 4. The van der Waals surface area contributed by atoms with Crippen molar-refractivity contribution in [2.75, 3.05) is 7.11 Å². The lowest BCUT2D eigenvalue weighted by Gasteiger charge is -2.31. The highest BCUT2D eigenvalue weighted by Gasteiger charge is 2.49. The molecule has 1 amide bonds. The summed E-state index contributed by atoms with van der Waals surface area (Å²) >= 11 is 6.35. The van der Waals surface area contributed by atoms with E-state index in [9.17, 15) is 14.7 Å². The van der Waals surface area contributed by atoms with Crippen molar-refractivity contribution in [3.63, 3.8) is 0 Å². The second kappa shape index (κ2) is 8.99. The summed E-state index contributed by atoms with van der Waals surface area (Å²) in [6.45, 7) is 3.92. The Balaban J connectivity index is 1.93. The van der Waals surface area contributed by atoms with Crippen LogP contribution in [0.1, 0.15) is 60.9 Å². The Morgan fingerprint density at radius 1 is 1.16 bits per heavy atom. The van der Waals surface area contributed by atoms with Crippen LogP contribution in [0.25, 0.3) is 5.76 Å². The molecule has 1 saturated heterocycles. The summed E-state index contributed by atoms with van der Waals surface area (Å²) in [7, 11) is 1.46. The predicted octanol–water partition coefficient (Wildman–Crippen LogP) is 5.58. The van der Waals surface area contributed by atoms with Gasteiger partial charge in [0.05, 0.1) is 29.3 Å². The van der Waals surface area contributed by atoms with Crippen LogP contribution in [0.2, 0.25) is 5.02 Å². The molecule has 1 saturated carbocycles. The Kier molecular flexibility index (Phi) is 6.29. The van der Waals surface area contributed by atoms with Gasteiger partial charge in [-0.2, -0.15) is 0 Å². The SMILES string of the molecule is CCc1ccc(C2/C(=C(\O)c3cc(C)cc(Cl)c3OC)C(=O)C(=O)N2C2CCCC2)cc1. The van der Waals surface area contributed by atoms with Gasteiger partial charge in [-0.05, 0) is 55.0 Å². The fourth-order valence-corrected chi connectivity index (χ4v) is 5.28. The molecule has 1 aliphatic carbocycles. The minimum Gasteiger partial charge on any atom is -0.507 e. The zero-order valence-electron chi connectivity index (χ0n) is 18.7. The number of ketones is 1. The molecule has 0 spiro atoms. The Morgan fingerprint density at radius 3 is 2.41 bits per heavy atom. The maximum Gasteiger partial charge on any atom is 0.295 e. The van der Waals surface area contributed by atoms with E-state index in [1.54, 1.807) is 17.0 Å². The Morgan fingerprint density at radius 2 is 1.81 bits per heavy atom. The van der Waals surface area contributed by atoms with E-state index < -0.39 is 17.7 Å². The smallest absolute Gasteiger partial charge is 0.295 e. The summed E-state index contributed by atoms with van der Waals surface area (Å²) in [6, 6.07) is 10.7. The highest BCUT2D eigenvalue weighted by Crippen LogP contribution is 2.45. The zero-order chi connectivity index (χ0) is 23.0. The quantitative estimate of drug-likeness (QED) is 0.364. The number of halogens is 1. The van der Waals surface area contributed by atoms with Gasteiger partial charge < -0.3 is 14.7 Å². The van der Waals surface area contributed by atoms with Gasteiger partial charge in [0, 0.05) is 6.04 Å². The van der Waals surface area contributed by atoms with Crippen LogP contribution in [0.3, 0.4) is 0 Å². The summed E-state index contributed by atoms with van der Waals surface area (Å²) in [4.78, 5) is 28.2. The highest BCUT2D eigenvalue weighted by molar-refractivity contribution is 6.46. The summed E-state index contributed by atoms with van der Waals surface area (Å²) < 4.78 is 5.44. The van der Waals surface area contributed by atoms with Gasteiger partial charge in [0.2, 0.25) is 0 Å². The molecule has 1 unspecified atom stereocenters. The van der Waals surface area contributed by atoms with E-state index >= 15 is 0 Å². The number of hydrogen-bond donors (Lipinski definition) is 1. The van der Waals surface area contributed by atoms with Crippen molar-refractivity contribution in [2.45, 2.75) is 58.0 Å². The van der Waals surface area contributed by atoms with Gasteiger partial charge in [-0.25, -0.2) is 0 Å². The predicted molar refractivity (Wildman–Crippen MR) is 125 cm³/mol. The average molecular weight is 454 g/mol. The Bertz CT molecular complexity index is 1080. The maximum absolute atomic E-state index is 13.3. The molecule has 168 valence electrons. The second-order valence-electron chi connectivity index (χ2n) is 8.57. The Labute approximate surface area is 193 Å². The van der Waals surface area contributed by atoms with E-state index in [1.165, 1.54) is 12.7 Å². The number of Topliss-reactive ketones (excluding diaryl/α,β-unsaturated/α-hetero) is 1. The van der Waals surface area contributed by atoms with Crippen molar-refractivity contribution in [3.05, 3.63) is 69.2 Å². The van der Waals surface area contributed by atoms with Gasteiger partial charge in [-0.15, -0.1) is 0 Å². The van der Waals surface area contributed by atoms with Gasteiger partial charge >= 0.3 is 0 Å². The molecule has 1 atom stereocenters. The standard InChI is InChI=1S/C26H28ClNO4/c1-4-16-9-11-17(12-10-16)22-21(24(30)26(31)28(22)18-7-5-6-8-18)23(29)19-13-15(2)14-20(27)25(19)32-3/h9-14,18,22,29H,4-8H2,1-3H3/b23-21+. The minimum atomic E-state index is -0.668. The van der Waals surface area contributed by atoms with Crippen LogP contribution in [-0.2, 0) is 16.0 Å². The summed E-state index contributed by atoms with van der Waals surface area (Å²) in [5, 5.41) is 11.7. The molecule has 2 aliphatic rings. The number of methoxy groups -OCH3 is 1. The maximum atomic E-state index is 13.3. The lowest BCUT2D eigenvalue weighted by molar-refractivity contribution is -0.141. The third kappa shape index (κ3) is 3.79. The topological polar surface area (TPSA) is 66.8 Å². The number of aliphatic hydroxyl groups is 1. The number of amides is 1. The summed E-state index contributed by atoms with van der Waals surface area (Å²) in [5.74, 6) is -1.20. The molecule has 5 nitrogen and oxygen atoms in total. The van der Waals surface area contributed by atoms with Crippen LogP contribution in [-0.4, -0.2) is 34.8 Å². The first-order valence-corrected chi connectivity index (χ1v) is 11.5. The van der Waals surface area contributed by atoms with Gasteiger partial charge in [0.1, 0.15) is 11.5 Å². The van der Waals surface area contributed by atoms with Crippen LogP contribution in [0.15, 0.2) is 42.0 Å². The van der Waals surface area contributed by atoms with Gasteiger partial charge in [0.15, 0.2) is 0 Å². The van der Waals surface area contributed by atoms with Crippen LogP contribution < -0.4 is 4.74 Å². The van der Waals surface area contributed by atoms with E-state index in [4.69, 9.17) is 16.3 Å². The number of ether oxygens (including phenoxy) is 1. The number of carbonyl (C=O) groups excluding carboxylic acids is 2. The van der Waals surface area contributed by atoms with E-state index in [0.717, 1.165) is 43.2 Å². The number of aliphatic hydroxyl groups excluding tert-OH is 1. The number of carbonyl (C=O) groups is 2. The molecular weight excluding hydrogens is 426 g/mol. The van der Waals surface area contributed by atoms with Crippen molar-refractivity contribution in [1.29, 1.82) is 0 Å². The van der Waals surface area contributed by atoms with E-state index in [-0.39, 0.29) is 23.1 Å². The molecule has 2 aromatic rings. The fraction of sp³-hybridized carbons (Fsp3) is 0.385. The summed E-state index contributed by atoms with van der Waals surface area (Å²) in [6.07, 6.45) is 4.65. The summed E-state index contributed by atoms with van der Waals surface area (Å²) in [5.41, 5.74) is 3.20. The molecule has 0 aromatic heterocycles. The van der Waals surface area contributed by atoms with Crippen LogP contribution in [0.5, 0.6) is 5.75 Å². The lowest BCUT2D eigenvalue weighted by atomic mass is 9.93. The minimum absolute atomic E-state index is 0.0180. The highest BCUT2D eigenvalue weighted by atomic mass is 35.5. The number of likely N-dealkylation sites (tertiary alicyclic amines) is 1. The molecule has 0 radical (unpaired) electrons. The molecule has 2 fully saturated rings. The van der Waals surface area contributed by atoms with Gasteiger partial charge in [-0.3, -0.25) is 9.59 Å². The monoisotopic (exact) mass is 453 g/mol. The molecule has 6 heteroatoms. The van der Waals surface area contributed by atoms with E-state index in [1.807, 2.05) is 31.2 Å². The molecule has 1 aliphatic heterocycles. The number of rotatable bonds is 5. The second-order valence-corrected chi connectivity index (χ2v) is 8.97. The van der Waals surface area contributed by atoms with Crippen LogP contribution in [0.4, 0.5) is 0 Å². The molecule has 1 N–H and O–H groups in total. The van der Waals surface area contributed by atoms with Crippen molar-refractivity contribution in [2.24, 2.45) is 0 Å². The molecule has 4 rings (SSSR count). The first-order valence-electron chi connectivity index (χ1n) is 11.1. The Hall–Kier alpha value is -2.79. The normalized spacial score (nSPS) is 20.9. The van der Waals surface area contributed by atoms with E-state index in [0.29, 0.717) is 10.6 Å². The number of nitrogens with zero attached hydrogens (tertiary/aromatic N) is 1. The fourth-order valence-electron chi connectivity index (χ4n) is 4.93. The number of benzene rings is 2. The van der Waals surface area contributed by atoms with Crippen LogP contribution in [0, 0.1) is 6.92 Å². The molecular formula is C26H28ClNO4. The van der Waals surface area contributed by atoms with Gasteiger partial charge in [-0.1, -0.05) is 55.6 Å². The van der Waals surface area contributed by atoms with Crippen molar-refractivity contribution >= 4 is 29.1 Å². The van der Waals surface area contributed by atoms with Crippen molar-refractivity contribution < 1.29 is 19.4 Å². The first-order chi connectivity index (χ1) is 15.4. The molecule has 32 heavy (non-hydrogen) atoms. The molecule has 0 bridgehead atoms. The molecule has 1 heterocycles. The van der Waals surface area contributed by atoms with Crippen molar-refractivity contribution in [1.82, 2.24) is 4.90 Å². The lowest BCUT2D eigenvalue weighted by Crippen LogP contribution is -2.37. The largest absolute Gasteiger partial charge is 0.507 e. The van der Waals surface area contributed by atoms with Gasteiger partial charge in [0.25, 0.3) is 11.7 Å². The van der Waals surface area contributed by atoms with Crippen molar-refractivity contribution in [3.8, 4) is 5.75 Å². The zero-order valence-corrected chi connectivity index (χ0v) is 19.4. The van der Waals surface area contributed by atoms with E-state index in [2.05, 4.69) is 6.92 Å². The van der Waals surface area contributed by atoms with Crippen LogP contribution >= 0.6 is 11.6 Å². The first kappa shape index (κ1) is 22.4. The third-order valence-electron chi connectivity index (χ3n) is 6.55. The third-order valence-corrected chi connectivity index (χ3v) is 6.83. The molecule has 2 aromatic carbocycles. The average Bonchev–Trinajstić information content (AvgIpc) is 3.40. The number of aryl methyl sites for hydroxylation is 2.